The Morgan fingerprint density at radius 1 is 1.54 bits per heavy atom. The van der Waals surface area contributed by atoms with Crippen molar-refractivity contribution in [2.45, 2.75) is 0 Å². The van der Waals surface area contributed by atoms with Gasteiger partial charge in [0.2, 0.25) is 0 Å². The van der Waals surface area contributed by atoms with E-state index in [0.717, 1.165) is 0 Å². The molecule has 0 radical (unpaired) electrons. The lowest BCUT2D eigenvalue weighted by molar-refractivity contribution is 0.112. The first kappa shape index (κ1) is 9.54. The summed E-state index contributed by atoms with van der Waals surface area (Å²) in [4.78, 5) is 20.8. The maximum Gasteiger partial charge on any atom is 0.316 e. The van der Waals surface area contributed by atoms with Gasteiger partial charge >= 0.3 is 6.03 Å². The average Bonchev–Trinajstić information content (AvgIpc) is 2.03. The van der Waals surface area contributed by atoms with Gasteiger partial charge in [0.15, 0.2) is 6.29 Å². The standard InChI is InChI=1S/C8H7ClN2O2/c9-7-3-6(11-8(10)13)2-1-5(7)4-12/h1-4H,(H3,10,11,13). The van der Waals surface area contributed by atoms with Crippen LogP contribution in [0.25, 0.3) is 0 Å². The molecule has 5 heteroatoms. The SMILES string of the molecule is NC(=O)Nc1ccc(C=O)c(Cl)c1. The predicted molar refractivity (Wildman–Crippen MR) is 50.0 cm³/mol. The molecule has 2 amide bonds. The van der Waals surface area contributed by atoms with Crippen molar-refractivity contribution in [2.24, 2.45) is 5.73 Å². The van der Waals surface area contributed by atoms with Crippen LogP contribution in [0.1, 0.15) is 10.4 Å². The molecule has 4 nitrogen and oxygen atoms in total. The molecule has 3 N–H and O–H groups in total. The highest BCUT2D eigenvalue weighted by Gasteiger charge is 2.01. The number of anilines is 1. The molecule has 1 aromatic carbocycles. The zero-order valence-corrected chi connectivity index (χ0v) is 7.34. The van der Waals surface area contributed by atoms with Gasteiger partial charge in [-0.3, -0.25) is 4.79 Å². The molecule has 68 valence electrons. The van der Waals surface area contributed by atoms with Crippen LogP contribution in [0.5, 0.6) is 0 Å². The maximum absolute atomic E-state index is 10.4. The van der Waals surface area contributed by atoms with Gasteiger partial charge in [0.25, 0.3) is 0 Å². The topological polar surface area (TPSA) is 72.2 Å². The molecule has 1 aromatic rings. The second-order valence-electron chi connectivity index (χ2n) is 2.34. The lowest BCUT2D eigenvalue weighted by Gasteiger charge is -2.02. The Hall–Kier alpha value is -1.55. The third-order valence-electron chi connectivity index (χ3n) is 1.39. The van der Waals surface area contributed by atoms with E-state index in [2.05, 4.69) is 5.32 Å². The van der Waals surface area contributed by atoms with Crippen molar-refractivity contribution in [3.63, 3.8) is 0 Å². The monoisotopic (exact) mass is 198 g/mol. The number of nitrogens with one attached hydrogen (secondary N) is 1. The van der Waals surface area contributed by atoms with E-state index in [0.29, 0.717) is 17.5 Å². The minimum absolute atomic E-state index is 0.279. The molecule has 0 heterocycles. The summed E-state index contributed by atoms with van der Waals surface area (Å²) in [5.74, 6) is 0. The van der Waals surface area contributed by atoms with Crippen LogP contribution >= 0.6 is 11.6 Å². The van der Waals surface area contributed by atoms with Gasteiger partial charge in [-0.15, -0.1) is 0 Å². The molecular formula is C8H7ClN2O2. The molecule has 0 spiro atoms. The Bertz CT molecular complexity index is 352. The van der Waals surface area contributed by atoms with Crippen LogP contribution in [0.15, 0.2) is 18.2 Å². The normalized spacial score (nSPS) is 9.31. The van der Waals surface area contributed by atoms with Crippen molar-refractivity contribution in [1.82, 2.24) is 0 Å². The zero-order valence-electron chi connectivity index (χ0n) is 6.58. The van der Waals surface area contributed by atoms with E-state index in [-0.39, 0.29) is 5.02 Å². The summed E-state index contributed by atoms with van der Waals surface area (Å²) in [6.45, 7) is 0. The van der Waals surface area contributed by atoms with Gasteiger partial charge < -0.3 is 11.1 Å². The number of hydrogen-bond donors (Lipinski definition) is 2. The second-order valence-corrected chi connectivity index (χ2v) is 2.75. The Labute approximate surface area is 79.7 Å². The smallest absolute Gasteiger partial charge is 0.316 e. The Kier molecular flexibility index (Phi) is 2.87. The van der Waals surface area contributed by atoms with E-state index < -0.39 is 6.03 Å². The van der Waals surface area contributed by atoms with E-state index in [9.17, 15) is 9.59 Å². The van der Waals surface area contributed by atoms with Gasteiger partial charge in [0.1, 0.15) is 0 Å². The molecule has 0 aromatic heterocycles. The van der Waals surface area contributed by atoms with E-state index in [1.165, 1.54) is 12.1 Å². The number of benzene rings is 1. The molecule has 0 aliphatic carbocycles. The quantitative estimate of drug-likeness (QED) is 0.710. The molecule has 1 rings (SSSR count). The Morgan fingerprint density at radius 3 is 2.69 bits per heavy atom. The van der Waals surface area contributed by atoms with Crippen molar-refractivity contribution in [3.8, 4) is 0 Å². The number of nitrogens with two attached hydrogens (primary N) is 1. The molecule has 0 saturated carbocycles. The van der Waals surface area contributed by atoms with Crippen LogP contribution < -0.4 is 11.1 Å². The first-order valence-electron chi connectivity index (χ1n) is 3.44. The Morgan fingerprint density at radius 2 is 2.23 bits per heavy atom. The fourth-order valence-corrected chi connectivity index (χ4v) is 1.07. The number of primary amides is 1. The molecule has 0 atom stereocenters. The molecule has 0 aliphatic rings. The highest BCUT2D eigenvalue weighted by atomic mass is 35.5. The number of carbonyl (C=O) groups excluding carboxylic acids is 2. The minimum atomic E-state index is -0.671. The van der Waals surface area contributed by atoms with Crippen LogP contribution in [0, 0.1) is 0 Å². The summed E-state index contributed by atoms with van der Waals surface area (Å²) in [6, 6.07) is 3.83. The molecule has 0 unspecified atom stereocenters. The zero-order chi connectivity index (χ0) is 9.84. The lowest BCUT2D eigenvalue weighted by Crippen LogP contribution is -2.19. The van der Waals surface area contributed by atoms with Gasteiger partial charge in [0.05, 0.1) is 5.02 Å². The van der Waals surface area contributed by atoms with Crippen LogP contribution in [0.4, 0.5) is 10.5 Å². The largest absolute Gasteiger partial charge is 0.351 e. The third kappa shape index (κ3) is 2.45. The number of carbonyl (C=O) groups is 2. The number of hydrogen-bond acceptors (Lipinski definition) is 2. The van der Waals surface area contributed by atoms with Crippen molar-refractivity contribution in [1.29, 1.82) is 0 Å². The summed E-state index contributed by atoms with van der Waals surface area (Å²) < 4.78 is 0. The number of amides is 2. The van der Waals surface area contributed by atoms with Gasteiger partial charge in [0, 0.05) is 11.3 Å². The fraction of sp³-hybridized carbons (Fsp3) is 0. The number of aldehydes is 1. The van der Waals surface area contributed by atoms with Crippen LogP contribution in [0.3, 0.4) is 0 Å². The molecular weight excluding hydrogens is 192 g/mol. The van der Waals surface area contributed by atoms with Crippen molar-refractivity contribution in [3.05, 3.63) is 28.8 Å². The molecule has 0 bridgehead atoms. The minimum Gasteiger partial charge on any atom is -0.351 e. The van der Waals surface area contributed by atoms with Crippen LogP contribution in [-0.2, 0) is 0 Å². The molecule has 13 heavy (non-hydrogen) atoms. The van der Waals surface area contributed by atoms with Crippen molar-refractivity contribution >= 4 is 29.6 Å². The molecule has 0 saturated heterocycles. The third-order valence-corrected chi connectivity index (χ3v) is 1.72. The summed E-state index contributed by atoms with van der Waals surface area (Å²) >= 11 is 5.69. The van der Waals surface area contributed by atoms with Crippen LogP contribution in [-0.4, -0.2) is 12.3 Å². The van der Waals surface area contributed by atoms with E-state index in [4.69, 9.17) is 17.3 Å². The lowest BCUT2D eigenvalue weighted by atomic mass is 10.2. The first-order chi connectivity index (χ1) is 6.13. The van der Waals surface area contributed by atoms with Crippen molar-refractivity contribution in [2.75, 3.05) is 5.32 Å². The Balaban J connectivity index is 2.95. The summed E-state index contributed by atoms with van der Waals surface area (Å²) in [7, 11) is 0. The second kappa shape index (κ2) is 3.91. The number of urea groups is 1. The predicted octanol–water partition coefficient (Wildman–Crippen LogP) is 1.64. The number of halogens is 1. The van der Waals surface area contributed by atoms with E-state index >= 15 is 0 Å². The summed E-state index contributed by atoms with van der Waals surface area (Å²) in [6.07, 6.45) is 0.635. The summed E-state index contributed by atoms with van der Waals surface area (Å²) in [5, 5.41) is 2.61. The average molecular weight is 199 g/mol. The van der Waals surface area contributed by atoms with Gasteiger partial charge in [-0.05, 0) is 18.2 Å². The van der Waals surface area contributed by atoms with E-state index in [1.54, 1.807) is 6.07 Å². The van der Waals surface area contributed by atoms with Gasteiger partial charge in [-0.2, -0.15) is 0 Å². The number of rotatable bonds is 2. The van der Waals surface area contributed by atoms with Gasteiger partial charge in [-0.25, -0.2) is 4.79 Å². The van der Waals surface area contributed by atoms with Gasteiger partial charge in [-0.1, -0.05) is 11.6 Å². The first-order valence-corrected chi connectivity index (χ1v) is 3.82. The highest BCUT2D eigenvalue weighted by Crippen LogP contribution is 2.19. The molecule has 0 aliphatic heterocycles. The maximum atomic E-state index is 10.4. The summed E-state index contributed by atoms with van der Waals surface area (Å²) in [5.41, 5.74) is 5.72. The van der Waals surface area contributed by atoms with Crippen molar-refractivity contribution < 1.29 is 9.59 Å². The fourth-order valence-electron chi connectivity index (χ4n) is 0.843. The van der Waals surface area contributed by atoms with Crippen LogP contribution in [0.2, 0.25) is 5.02 Å². The van der Waals surface area contributed by atoms with E-state index in [1.807, 2.05) is 0 Å². The highest BCUT2D eigenvalue weighted by molar-refractivity contribution is 6.33. The molecule has 0 fully saturated rings.